The number of rotatable bonds is 7. The van der Waals surface area contributed by atoms with Gasteiger partial charge in [0.05, 0.1) is 4.47 Å². The smallest absolute Gasteiger partial charge is 0.224 e. The summed E-state index contributed by atoms with van der Waals surface area (Å²) in [5.41, 5.74) is 0.265. The van der Waals surface area contributed by atoms with Crippen molar-refractivity contribution in [3.8, 4) is 0 Å². The van der Waals surface area contributed by atoms with Crippen LogP contribution in [0.5, 0.6) is 0 Å². The molecule has 0 spiro atoms. The summed E-state index contributed by atoms with van der Waals surface area (Å²) in [5.74, 6) is 1.53. The summed E-state index contributed by atoms with van der Waals surface area (Å²) in [5, 5.41) is 6.57. The SMILES string of the molecule is CCCNc1ncc(Br)c(NCC(C)(C)CC)n1. The van der Waals surface area contributed by atoms with Crippen molar-refractivity contribution in [2.45, 2.75) is 40.5 Å². The molecule has 5 heteroatoms. The highest BCUT2D eigenvalue weighted by Gasteiger charge is 2.15. The van der Waals surface area contributed by atoms with E-state index >= 15 is 0 Å². The minimum absolute atomic E-state index is 0.265. The molecule has 0 saturated carbocycles. The zero-order valence-electron chi connectivity index (χ0n) is 11.7. The first-order valence-corrected chi connectivity index (χ1v) is 7.28. The van der Waals surface area contributed by atoms with Crippen LogP contribution in [0.2, 0.25) is 0 Å². The van der Waals surface area contributed by atoms with Crippen molar-refractivity contribution in [1.29, 1.82) is 0 Å². The predicted octanol–water partition coefficient (Wildman–Crippen LogP) is 3.91. The van der Waals surface area contributed by atoms with E-state index in [-0.39, 0.29) is 5.41 Å². The topological polar surface area (TPSA) is 49.8 Å². The Morgan fingerprint density at radius 2 is 2.00 bits per heavy atom. The summed E-state index contributed by atoms with van der Waals surface area (Å²) < 4.78 is 0.899. The molecule has 102 valence electrons. The highest BCUT2D eigenvalue weighted by atomic mass is 79.9. The summed E-state index contributed by atoms with van der Waals surface area (Å²) in [4.78, 5) is 8.70. The molecule has 0 radical (unpaired) electrons. The monoisotopic (exact) mass is 314 g/mol. The van der Waals surface area contributed by atoms with Gasteiger partial charge in [-0.05, 0) is 34.2 Å². The Hall–Kier alpha value is -0.840. The quantitative estimate of drug-likeness (QED) is 0.801. The molecule has 1 heterocycles. The molecule has 0 bridgehead atoms. The fraction of sp³-hybridized carbons (Fsp3) is 0.692. The van der Waals surface area contributed by atoms with Gasteiger partial charge >= 0.3 is 0 Å². The number of halogens is 1. The van der Waals surface area contributed by atoms with Gasteiger partial charge in [0, 0.05) is 19.3 Å². The van der Waals surface area contributed by atoms with E-state index in [1.54, 1.807) is 6.20 Å². The van der Waals surface area contributed by atoms with Gasteiger partial charge in [0.1, 0.15) is 5.82 Å². The van der Waals surface area contributed by atoms with Crippen LogP contribution in [-0.4, -0.2) is 23.1 Å². The van der Waals surface area contributed by atoms with E-state index in [1.165, 1.54) is 0 Å². The van der Waals surface area contributed by atoms with Crippen molar-refractivity contribution in [1.82, 2.24) is 9.97 Å². The van der Waals surface area contributed by atoms with Crippen molar-refractivity contribution in [2.24, 2.45) is 5.41 Å². The number of aromatic nitrogens is 2. The van der Waals surface area contributed by atoms with E-state index in [2.05, 4.69) is 64.2 Å². The summed E-state index contributed by atoms with van der Waals surface area (Å²) in [6.45, 7) is 10.6. The van der Waals surface area contributed by atoms with Crippen molar-refractivity contribution < 1.29 is 0 Å². The van der Waals surface area contributed by atoms with Gasteiger partial charge in [-0.3, -0.25) is 0 Å². The molecule has 0 atom stereocenters. The lowest BCUT2D eigenvalue weighted by atomic mass is 9.90. The van der Waals surface area contributed by atoms with Gasteiger partial charge < -0.3 is 10.6 Å². The normalized spacial score (nSPS) is 11.4. The summed E-state index contributed by atoms with van der Waals surface area (Å²) in [6, 6.07) is 0. The van der Waals surface area contributed by atoms with Crippen LogP contribution in [0, 0.1) is 5.41 Å². The molecule has 0 aliphatic rings. The Balaban J connectivity index is 2.69. The third kappa shape index (κ3) is 4.80. The molecule has 0 aliphatic carbocycles. The molecule has 1 aromatic rings. The third-order valence-corrected chi connectivity index (χ3v) is 3.55. The molecular weight excluding hydrogens is 292 g/mol. The maximum absolute atomic E-state index is 4.47. The maximum Gasteiger partial charge on any atom is 0.224 e. The summed E-state index contributed by atoms with van der Waals surface area (Å²) in [7, 11) is 0. The van der Waals surface area contributed by atoms with Crippen molar-refractivity contribution in [3.05, 3.63) is 10.7 Å². The average molecular weight is 315 g/mol. The van der Waals surface area contributed by atoms with E-state index < -0.39 is 0 Å². The van der Waals surface area contributed by atoms with Crippen molar-refractivity contribution in [3.63, 3.8) is 0 Å². The van der Waals surface area contributed by atoms with E-state index in [0.717, 1.165) is 36.2 Å². The predicted molar refractivity (Wildman–Crippen MR) is 81.1 cm³/mol. The molecule has 0 fully saturated rings. The standard InChI is InChI=1S/C13H23BrN4/c1-5-7-15-12-16-8-10(14)11(18-12)17-9-13(3,4)6-2/h8H,5-7,9H2,1-4H3,(H2,15,16,17,18). The van der Waals surface area contributed by atoms with Crippen LogP contribution in [0.15, 0.2) is 10.7 Å². The lowest BCUT2D eigenvalue weighted by molar-refractivity contribution is 0.376. The van der Waals surface area contributed by atoms with Crippen molar-refractivity contribution in [2.75, 3.05) is 23.7 Å². The Kier molecular flexibility index (Phi) is 5.85. The molecule has 0 aromatic carbocycles. The van der Waals surface area contributed by atoms with E-state index in [0.29, 0.717) is 5.95 Å². The molecule has 0 unspecified atom stereocenters. The number of nitrogens with zero attached hydrogens (tertiary/aromatic N) is 2. The molecule has 18 heavy (non-hydrogen) atoms. The fourth-order valence-corrected chi connectivity index (χ4v) is 1.59. The number of nitrogens with one attached hydrogen (secondary N) is 2. The second kappa shape index (κ2) is 6.92. The second-order valence-corrected chi connectivity index (χ2v) is 6.04. The average Bonchev–Trinajstić information content (AvgIpc) is 2.36. The van der Waals surface area contributed by atoms with Crippen LogP contribution in [-0.2, 0) is 0 Å². The van der Waals surface area contributed by atoms with Gasteiger partial charge in [0.2, 0.25) is 5.95 Å². The van der Waals surface area contributed by atoms with Crippen LogP contribution in [0.1, 0.15) is 40.5 Å². The lowest BCUT2D eigenvalue weighted by Crippen LogP contribution is -2.23. The molecule has 0 amide bonds. The second-order valence-electron chi connectivity index (χ2n) is 5.19. The fourth-order valence-electron chi connectivity index (χ4n) is 1.26. The van der Waals surface area contributed by atoms with Crippen LogP contribution in [0.25, 0.3) is 0 Å². The third-order valence-electron chi connectivity index (χ3n) is 2.97. The van der Waals surface area contributed by atoms with Crippen LogP contribution >= 0.6 is 15.9 Å². The molecule has 1 rings (SSSR count). The van der Waals surface area contributed by atoms with Crippen LogP contribution in [0.4, 0.5) is 11.8 Å². The van der Waals surface area contributed by atoms with Crippen LogP contribution < -0.4 is 10.6 Å². The zero-order valence-corrected chi connectivity index (χ0v) is 13.3. The largest absolute Gasteiger partial charge is 0.368 e. The van der Waals surface area contributed by atoms with Gasteiger partial charge in [-0.1, -0.05) is 27.7 Å². The summed E-state index contributed by atoms with van der Waals surface area (Å²) in [6.07, 6.45) is 3.97. The van der Waals surface area contributed by atoms with Gasteiger partial charge in [0.25, 0.3) is 0 Å². The van der Waals surface area contributed by atoms with Gasteiger partial charge in [0.15, 0.2) is 0 Å². The number of hydrogen-bond donors (Lipinski definition) is 2. The Morgan fingerprint density at radius 3 is 2.61 bits per heavy atom. The molecular formula is C13H23BrN4. The highest BCUT2D eigenvalue weighted by Crippen LogP contribution is 2.24. The molecule has 1 aromatic heterocycles. The minimum atomic E-state index is 0.265. The Morgan fingerprint density at radius 1 is 1.28 bits per heavy atom. The maximum atomic E-state index is 4.47. The highest BCUT2D eigenvalue weighted by molar-refractivity contribution is 9.10. The van der Waals surface area contributed by atoms with Gasteiger partial charge in [-0.25, -0.2) is 4.98 Å². The van der Waals surface area contributed by atoms with E-state index in [4.69, 9.17) is 0 Å². The van der Waals surface area contributed by atoms with E-state index in [9.17, 15) is 0 Å². The van der Waals surface area contributed by atoms with E-state index in [1.807, 2.05) is 0 Å². The summed E-state index contributed by atoms with van der Waals surface area (Å²) >= 11 is 3.47. The number of hydrogen-bond acceptors (Lipinski definition) is 4. The molecule has 0 saturated heterocycles. The Bertz CT molecular complexity index is 379. The van der Waals surface area contributed by atoms with Gasteiger partial charge in [-0.15, -0.1) is 0 Å². The molecule has 4 nitrogen and oxygen atoms in total. The first kappa shape index (κ1) is 15.2. The van der Waals surface area contributed by atoms with Crippen molar-refractivity contribution >= 4 is 27.7 Å². The Labute approximate surface area is 118 Å². The van der Waals surface area contributed by atoms with Gasteiger partial charge in [-0.2, -0.15) is 4.98 Å². The molecule has 2 N–H and O–H groups in total. The first-order chi connectivity index (χ1) is 8.48. The lowest BCUT2D eigenvalue weighted by Gasteiger charge is -2.23. The minimum Gasteiger partial charge on any atom is -0.368 e. The molecule has 0 aliphatic heterocycles. The first-order valence-electron chi connectivity index (χ1n) is 6.49. The number of anilines is 2. The zero-order chi connectivity index (χ0) is 13.6. The van der Waals surface area contributed by atoms with Crippen LogP contribution in [0.3, 0.4) is 0 Å².